The summed E-state index contributed by atoms with van der Waals surface area (Å²) in [4.78, 5) is 15.4. The van der Waals surface area contributed by atoms with Crippen molar-refractivity contribution in [3.63, 3.8) is 0 Å². The van der Waals surface area contributed by atoms with Crippen molar-refractivity contribution in [3.8, 4) is 11.4 Å². The minimum atomic E-state index is 0.552. The SMILES string of the molecule is Cc1ccccc1N1CC2CN(c3ncc(-c4nnn(C)n4)cn3)CC2C1. The van der Waals surface area contributed by atoms with Gasteiger partial charge in [-0.3, -0.25) is 0 Å². The molecule has 8 nitrogen and oxygen atoms in total. The zero-order chi connectivity index (χ0) is 18.4. The Labute approximate surface area is 157 Å². The summed E-state index contributed by atoms with van der Waals surface area (Å²) in [5.74, 6) is 2.67. The molecule has 2 fully saturated rings. The Kier molecular flexibility index (Phi) is 3.77. The zero-order valence-corrected chi connectivity index (χ0v) is 15.5. The average molecular weight is 362 g/mol. The van der Waals surface area contributed by atoms with Crippen LogP contribution in [0.15, 0.2) is 36.7 Å². The molecule has 0 amide bonds. The summed E-state index contributed by atoms with van der Waals surface area (Å²) in [6.45, 7) is 6.42. The Morgan fingerprint density at radius 3 is 2.22 bits per heavy atom. The number of rotatable bonds is 3. The van der Waals surface area contributed by atoms with Gasteiger partial charge in [0.25, 0.3) is 0 Å². The van der Waals surface area contributed by atoms with E-state index in [0.29, 0.717) is 17.7 Å². The van der Waals surface area contributed by atoms with Crippen molar-refractivity contribution in [1.29, 1.82) is 0 Å². The van der Waals surface area contributed by atoms with E-state index >= 15 is 0 Å². The third-order valence-electron chi connectivity index (χ3n) is 5.63. The number of hydrogen-bond acceptors (Lipinski definition) is 7. The third kappa shape index (κ3) is 2.90. The Balaban J connectivity index is 1.27. The summed E-state index contributed by atoms with van der Waals surface area (Å²) in [5, 5.41) is 12.1. The molecular weight excluding hydrogens is 340 g/mol. The maximum absolute atomic E-state index is 4.55. The third-order valence-corrected chi connectivity index (χ3v) is 5.63. The van der Waals surface area contributed by atoms with E-state index in [0.717, 1.165) is 37.7 Å². The molecule has 2 atom stereocenters. The summed E-state index contributed by atoms with van der Waals surface area (Å²) in [7, 11) is 1.74. The van der Waals surface area contributed by atoms with Crippen LogP contribution >= 0.6 is 0 Å². The molecule has 27 heavy (non-hydrogen) atoms. The predicted molar refractivity (Wildman–Crippen MR) is 102 cm³/mol. The molecule has 0 bridgehead atoms. The highest BCUT2D eigenvalue weighted by Gasteiger charge is 2.41. The first kappa shape index (κ1) is 16.2. The number of para-hydroxylation sites is 1. The number of benzene rings is 1. The fourth-order valence-corrected chi connectivity index (χ4v) is 4.27. The van der Waals surface area contributed by atoms with Crippen LogP contribution in [0.5, 0.6) is 0 Å². The first-order valence-electron chi connectivity index (χ1n) is 9.29. The number of aryl methyl sites for hydroxylation is 2. The van der Waals surface area contributed by atoms with Crippen LogP contribution in [0.1, 0.15) is 5.56 Å². The van der Waals surface area contributed by atoms with Crippen LogP contribution in [0, 0.1) is 18.8 Å². The van der Waals surface area contributed by atoms with E-state index in [4.69, 9.17) is 0 Å². The molecule has 8 heteroatoms. The van der Waals surface area contributed by atoms with Crippen LogP contribution in [-0.4, -0.2) is 56.4 Å². The van der Waals surface area contributed by atoms with E-state index in [1.807, 2.05) is 0 Å². The predicted octanol–water partition coefficient (Wildman–Crippen LogP) is 1.55. The summed E-state index contributed by atoms with van der Waals surface area (Å²) in [5.41, 5.74) is 3.51. The standard InChI is InChI=1S/C19H22N8/c1-13-5-3-4-6-17(13)26-9-15-11-27(12-16(15)10-26)19-20-7-14(8-21-19)18-22-24-25(2)23-18/h3-8,15-16H,9-12H2,1-2H3. The number of fused-ring (bicyclic) bond motifs is 1. The lowest BCUT2D eigenvalue weighted by Crippen LogP contribution is -2.30. The molecule has 2 unspecified atom stereocenters. The van der Waals surface area contributed by atoms with Gasteiger partial charge in [-0.1, -0.05) is 18.2 Å². The second-order valence-electron chi connectivity index (χ2n) is 7.49. The van der Waals surface area contributed by atoms with Crippen molar-refractivity contribution >= 4 is 11.6 Å². The van der Waals surface area contributed by atoms with Crippen LogP contribution in [0.3, 0.4) is 0 Å². The molecule has 0 radical (unpaired) electrons. The number of anilines is 2. The maximum Gasteiger partial charge on any atom is 0.225 e. The topological polar surface area (TPSA) is 75.9 Å². The van der Waals surface area contributed by atoms with Gasteiger partial charge in [-0.05, 0) is 23.8 Å². The second kappa shape index (κ2) is 6.29. The highest BCUT2D eigenvalue weighted by molar-refractivity contribution is 5.55. The van der Waals surface area contributed by atoms with Gasteiger partial charge in [0.15, 0.2) is 0 Å². The quantitative estimate of drug-likeness (QED) is 0.700. The van der Waals surface area contributed by atoms with Gasteiger partial charge in [0, 0.05) is 56.1 Å². The molecule has 0 aliphatic carbocycles. The minimum Gasteiger partial charge on any atom is -0.371 e. The monoisotopic (exact) mass is 362 g/mol. The van der Waals surface area contributed by atoms with E-state index in [1.54, 1.807) is 19.4 Å². The largest absolute Gasteiger partial charge is 0.371 e. The fraction of sp³-hybridized carbons (Fsp3) is 0.421. The molecule has 5 rings (SSSR count). The van der Waals surface area contributed by atoms with Gasteiger partial charge in [-0.15, -0.1) is 10.2 Å². The molecular formula is C19H22N8. The molecule has 2 aliphatic rings. The van der Waals surface area contributed by atoms with Gasteiger partial charge in [-0.2, -0.15) is 4.80 Å². The van der Waals surface area contributed by atoms with E-state index in [2.05, 4.69) is 66.4 Å². The Morgan fingerprint density at radius 1 is 0.926 bits per heavy atom. The molecule has 2 aliphatic heterocycles. The van der Waals surface area contributed by atoms with Crippen molar-refractivity contribution in [3.05, 3.63) is 42.2 Å². The van der Waals surface area contributed by atoms with Gasteiger partial charge in [0.1, 0.15) is 0 Å². The van der Waals surface area contributed by atoms with Crippen molar-refractivity contribution < 1.29 is 0 Å². The average Bonchev–Trinajstić information content (AvgIpc) is 3.37. The van der Waals surface area contributed by atoms with E-state index in [9.17, 15) is 0 Å². The maximum atomic E-state index is 4.55. The summed E-state index contributed by atoms with van der Waals surface area (Å²) in [6, 6.07) is 8.66. The Bertz CT molecular complexity index is 936. The number of aromatic nitrogens is 6. The number of tetrazole rings is 1. The Morgan fingerprint density at radius 2 is 1.59 bits per heavy atom. The first-order valence-corrected chi connectivity index (χ1v) is 9.29. The lowest BCUT2D eigenvalue weighted by molar-refractivity contribution is 0.533. The second-order valence-corrected chi connectivity index (χ2v) is 7.49. The molecule has 4 heterocycles. The molecule has 2 aromatic heterocycles. The van der Waals surface area contributed by atoms with Gasteiger partial charge in [0.05, 0.1) is 12.6 Å². The molecule has 138 valence electrons. The van der Waals surface area contributed by atoms with Crippen molar-refractivity contribution in [2.75, 3.05) is 36.0 Å². The van der Waals surface area contributed by atoms with Crippen molar-refractivity contribution in [1.82, 2.24) is 30.2 Å². The lowest BCUT2D eigenvalue weighted by atomic mass is 10.0. The molecule has 2 saturated heterocycles. The van der Waals surface area contributed by atoms with Crippen LogP contribution in [-0.2, 0) is 7.05 Å². The van der Waals surface area contributed by atoms with Gasteiger partial charge in [0.2, 0.25) is 11.8 Å². The fourth-order valence-electron chi connectivity index (χ4n) is 4.27. The number of hydrogen-bond donors (Lipinski definition) is 0. The highest BCUT2D eigenvalue weighted by Crippen LogP contribution is 2.36. The van der Waals surface area contributed by atoms with E-state index < -0.39 is 0 Å². The van der Waals surface area contributed by atoms with Crippen LogP contribution in [0.2, 0.25) is 0 Å². The number of nitrogens with zero attached hydrogens (tertiary/aromatic N) is 8. The summed E-state index contributed by atoms with van der Waals surface area (Å²) >= 11 is 0. The molecule has 0 spiro atoms. The normalized spacial score (nSPS) is 21.7. The van der Waals surface area contributed by atoms with Crippen molar-refractivity contribution in [2.45, 2.75) is 6.92 Å². The molecule has 3 aromatic rings. The molecule has 0 N–H and O–H groups in total. The first-order chi connectivity index (χ1) is 13.2. The summed E-state index contributed by atoms with van der Waals surface area (Å²) < 4.78 is 0. The smallest absolute Gasteiger partial charge is 0.225 e. The zero-order valence-electron chi connectivity index (χ0n) is 15.5. The molecule has 0 saturated carbocycles. The van der Waals surface area contributed by atoms with Gasteiger partial charge >= 0.3 is 0 Å². The van der Waals surface area contributed by atoms with Gasteiger partial charge in [-0.25, -0.2) is 9.97 Å². The van der Waals surface area contributed by atoms with Crippen LogP contribution < -0.4 is 9.80 Å². The van der Waals surface area contributed by atoms with Crippen LogP contribution in [0.25, 0.3) is 11.4 Å². The van der Waals surface area contributed by atoms with Crippen molar-refractivity contribution in [2.24, 2.45) is 18.9 Å². The van der Waals surface area contributed by atoms with E-state index in [-0.39, 0.29) is 0 Å². The molecule has 1 aromatic carbocycles. The minimum absolute atomic E-state index is 0.552. The van der Waals surface area contributed by atoms with E-state index in [1.165, 1.54) is 16.0 Å². The lowest BCUT2D eigenvalue weighted by Gasteiger charge is -2.24. The Hall–Kier alpha value is -3.03. The highest BCUT2D eigenvalue weighted by atomic mass is 15.6. The van der Waals surface area contributed by atoms with Crippen LogP contribution in [0.4, 0.5) is 11.6 Å². The van der Waals surface area contributed by atoms with Gasteiger partial charge < -0.3 is 9.80 Å². The summed E-state index contributed by atoms with van der Waals surface area (Å²) in [6.07, 6.45) is 3.57.